The monoisotopic (exact) mass is 437 g/mol. The molecule has 3 rings (SSSR count). The van der Waals surface area contributed by atoms with E-state index in [2.05, 4.69) is 27.1 Å². The molecule has 9 heteroatoms. The van der Waals surface area contributed by atoms with Crippen LogP contribution in [0.3, 0.4) is 0 Å². The van der Waals surface area contributed by atoms with E-state index in [-0.39, 0.29) is 22.7 Å². The van der Waals surface area contributed by atoms with Gasteiger partial charge in [-0.1, -0.05) is 41.9 Å². The van der Waals surface area contributed by atoms with Gasteiger partial charge in [0, 0.05) is 31.7 Å². The Bertz CT molecular complexity index is 953. The topological polar surface area (TPSA) is 87.7 Å². The molecule has 7 nitrogen and oxygen atoms in total. The van der Waals surface area contributed by atoms with Crippen LogP contribution in [0.15, 0.2) is 48.5 Å². The lowest BCUT2D eigenvalue weighted by molar-refractivity contribution is -0.0292. The number of carbonyl (C=O) groups is 1. The molecule has 1 fully saturated rings. The Morgan fingerprint density at radius 2 is 2.00 bits per heavy atom. The molecule has 2 aromatic carbocycles. The van der Waals surface area contributed by atoms with Gasteiger partial charge in [-0.25, -0.2) is 8.42 Å². The van der Waals surface area contributed by atoms with Gasteiger partial charge in [0.1, 0.15) is 0 Å². The highest BCUT2D eigenvalue weighted by atomic mass is 35.5. The zero-order chi connectivity index (χ0) is 20.9. The number of carbonyl (C=O) groups excluding carboxylic acids is 1. The Labute approximate surface area is 176 Å². The zero-order valence-electron chi connectivity index (χ0n) is 16.1. The Hall–Kier alpha value is -2.13. The van der Waals surface area contributed by atoms with Crippen molar-refractivity contribution < 1.29 is 17.9 Å². The minimum Gasteiger partial charge on any atom is -0.374 e. The summed E-state index contributed by atoms with van der Waals surface area (Å²) in [7, 11) is -3.50. The van der Waals surface area contributed by atoms with Crippen molar-refractivity contribution in [2.45, 2.75) is 12.6 Å². The summed E-state index contributed by atoms with van der Waals surface area (Å²) >= 11 is 6.00. The van der Waals surface area contributed by atoms with Crippen LogP contribution in [0.2, 0.25) is 5.02 Å². The third-order valence-electron chi connectivity index (χ3n) is 4.49. The molecular formula is C20H24ClN3O4S. The maximum absolute atomic E-state index is 12.5. The number of hydrogen-bond acceptors (Lipinski definition) is 5. The predicted octanol–water partition coefficient (Wildman–Crippen LogP) is 2.34. The fourth-order valence-electron chi connectivity index (χ4n) is 3.14. The lowest BCUT2D eigenvalue weighted by Gasteiger charge is -2.33. The molecule has 1 aliphatic heterocycles. The van der Waals surface area contributed by atoms with Crippen molar-refractivity contribution in [1.82, 2.24) is 10.2 Å². The summed E-state index contributed by atoms with van der Waals surface area (Å²) in [5, 5.41) is 3.07. The third kappa shape index (κ3) is 6.71. The second kappa shape index (κ2) is 9.58. The minimum atomic E-state index is -3.50. The first-order valence-electron chi connectivity index (χ1n) is 9.23. The second-order valence-electron chi connectivity index (χ2n) is 6.99. The van der Waals surface area contributed by atoms with E-state index >= 15 is 0 Å². The van der Waals surface area contributed by atoms with Gasteiger partial charge in [0.2, 0.25) is 10.0 Å². The van der Waals surface area contributed by atoms with E-state index in [4.69, 9.17) is 16.3 Å². The first-order valence-corrected chi connectivity index (χ1v) is 11.5. The van der Waals surface area contributed by atoms with Gasteiger partial charge in [0.25, 0.3) is 5.91 Å². The van der Waals surface area contributed by atoms with E-state index in [9.17, 15) is 13.2 Å². The largest absolute Gasteiger partial charge is 0.374 e. The number of nitrogens with zero attached hydrogens (tertiary/aromatic N) is 1. The van der Waals surface area contributed by atoms with Crippen molar-refractivity contribution >= 4 is 33.2 Å². The van der Waals surface area contributed by atoms with E-state index in [1.165, 1.54) is 17.7 Å². The van der Waals surface area contributed by atoms with Crippen LogP contribution >= 0.6 is 11.6 Å². The Kier molecular flexibility index (Phi) is 7.13. The number of nitrogens with one attached hydrogen (secondary N) is 2. The van der Waals surface area contributed by atoms with Crippen LogP contribution in [-0.2, 0) is 21.3 Å². The molecule has 1 unspecified atom stereocenters. The van der Waals surface area contributed by atoms with E-state index in [1.807, 2.05) is 18.2 Å². The summed E-state index contributed by atoms with van der Waals surface area (Å²) in [6, 6.07) is 14.7. The fraction of sp³-hybridized carbons (Fsp3) is 0.350. The van der Waals surface area contributed by atoms with Crippen LogP contribution in [0.4, 0.5) is 5.69 Å². The smallest absolute Gasteiger partial charge is 0.251 e. The van der Waals surface area contributed by atoms with Crippen molar-refractivity contribution in [2.24, 2.45) is 0 Å². The summed E-state index contributed by atoms with van der Waals surface area (Å²) in [6.45, 7) is 3.37. The Morgan fingerprint density at radius 1 is 1.24 bits per heavy atom. The summed E-state index contributed by atoms with van der Waals surface area (Å²) in [6.07, 6.45) is 0.912. The SMILES string of the molecule is CS(=O)(=O)Nc1cc(C(=O)NCC2CN(Cc3ccccc3)CCO2)ccc1Cl. The summed E-state index contributed by atoms with van der Waals surface area (Å²) < 4.78 is 31.0. The van der Waals surface area contributed by atoms with Gasteiger partial charge in [-0.15, -0.1) is 0 Å². The van der Waals surface area contributed by atoms with E-state index in [0.29, 0.717) is 18.7 Å². The second-order valence-corrected chi connectivity index (χ2v) is 9.15. The average molecular weight is 438 g/mol. The third-order valence-corrected chi connectivity index (χ3v) is 5.41. The highest BCUT2D eigenvalue weighted by Gasteiger charge is 2.21. The normalized spacial score (nSPS) is 17.7. The maximum atomic E-state index is 12.5. The molecule has 0 radical (unpaired) electrons. The van der Waals surface area contributed by atoms with E-state index in [1.54, 1.807) is 6.07 Å². The van der Waals surface area contributed by atoms with Crippen LogP contribution < -0.4 is 10.0 Å². The quantitative estimate of drug-likeness (QED) is 0.694. The van der Waals surface area contributed by atoms with Crippen LogP contribution in [0, 0.1) is 0 Å². The number of benzene rings is 2. The van der Waals surface area contributed by atoms with Gasteiger partial charge in [-0.2, -0.15) is 0 Å². The number of anilines is 1. The highest BCUT2D eigenvalue weighted by Crippen LogP contribution is 2.24. The van der Waals surface area contributed by atoms with Gasteiger partial charge in [0.05, 0.1) is 29.7 Å². The minimum absolute atomic E-state index is 0.114. The number of halogens is 1. The number of hydrogen-bond donors (Lipinski definition) is 2. The molecule has 0 saturated carbocycles. The van der Waals surface area contributed by atoms with Crippen molar-refractivity contribution in [3.63, 3.8) is 0 Å². The van der Waals surface area contributed by atoms with Crippen LogP contribution in [0.5, 0.6) is 0 Å². The molecule has 0 aromatic heterocycles. The van der Waals surface area contributed by atoms with Crippen molar-refractivity contribution in [1.29, 1.82) is 0 Å². The Morgan fingerprint density at radius 3 is 2.72 bits per heavy atom. The first-order chi connectivity index (χ1) is 13.8. The van der Waals surface area contributed by atoms with Gasteiger partial charge in [-0.3, -0.25) is 14.4 Å². The van der Waals surface area contributed by atoms with Crippen molar-refractivity contribution in [2.75, 3.05) is 37.2 Å². The van der Waals surface area contributed by atoms with Crippen molar-refractivity contribution in [3.05, 3.63) is 64.7 Å². The average Bonchev–Trinajstić information content (AvgIpc) is 2.68. The molecule has 1 atom stereocenters. The molecule has 0 spiro atoms. The van der Waals surface area contributed by atoms with Crippen molar-refractivity contribution in [3.8, 4) is 0 Å². The first kappa shape index (κ1) is 21.6. The van der Waals surface area contributed by atoms with E-state index < -0.39 is 10.0 Å². The molecule has 29 heavy (non-hydrogen) atoms. The summed E-state index contributed by atoms with van der Waals surface area (Å²) in [5.41, 5.74) is 1.73. The van der Waals surface area contributed by atoms with Gasteiger partial charge in [0.15, 0.2) is 0 Å². The molecule has 1 heterocycles. The predicted molar refractivity (Wildman–Crippen MR) is 114 cm³/mol. The molecule has 2 aromatic rings. The lowest BCUT2D eigenvalue weighted by Crippen LogP contribution is -2.47. The molecule has 0 aliphatic carbocycles. The summed E-state index contributed by atoms with van der Waals surface area (Å²) in [4.78, 5) is 14.8. The molecule has 1 amide bonds. The van der Waals surface area contributed by atoms with Crippen LogP contribution in [0.25, 0.3) is 0 Å². The fourth-order valence-corrected chi connectivity index (χ4v) is 3.93. The molecule has 156 valence electrons. The molecular weight excluding hydrogens is 414 g/mol. The lowest BCUT2D eigenvalue weighted by atomic mass is 10.1. The van der Waals surface area contributed by atoms with Crippen LogP contribution in [-0.4, -0.2) is 57.8 Å². The molecule has 0 bridgehead atoms. The molecule has 1 saturated heterocycles. The van der Waals surface area contributed by atoms with E-state index in [0.717, 1.165) is 25.9 Å². The standard InChI is InChI=1S/C20H24ClN3O4S/c1-29(26,27)23-19-11-16(7-8-18(19)21)20(25)22-12-17-14-24(9-10-28-17)13-15-5-3-2-4-6-15/h2-8,11,17,23H,9-10,12-14H2,1H3,(H,22,25). The van der Waals surface area contributed by atoms with Gasteiger partial charge >= 0.3 is 0 Å². The number of amides is 1. The van der Waals surface area contributed by atoms with Crippen LogP contribution in [0.1, 0.15) is 15.9 Å². The van der Waals surface area contributed by atoms with Gasteiger partial charge in [-0.05, 0) is 23.8 Å². The summed E-state index contributed by atoms with van der Waals surface area (Å²) in [5.74, 6) is -0.318. The highest BCUT2D eigenvalue weighted by molar-refractivity contribution is 7.92. The Balaban J connectivity index is 1.55. The number of morpholine rings is 1. The molecule has 2 N–H and O–H groups in total. The maximum Gasteiger partial charge on any atom is 0.251 e. The number of rotatable bonds is 7. The van der Waals surface area contributed by atoms with Gasteiger partial charge < -0.3 is 10.1 Å². The zero-order valence-corrected chi connectivity index (χ0v) is 17.7. The number of ether oxygens (including phenoxy) is 1. The number of sulfonamides is 1. The molecule has 1 aliphatic rings.